The Hall–Kier alpha value is -5.83. The third kappa shape index (κ3) is 5.63. The fourth-order valence-corrected chi connectivity index (χ4v) is 5.49. The first-order valence-electron chi connectivity index (χ1n) is 14.3. The van der Waals surface area contributed by atoms with E-state index in [2.05, 4.69) is 33.8 Å². The number of nitrogens with zero attached hydrogens (tertiary/aromatic N) is 4. The molecule has 218 valence electrons. The molecule has 0 aliphatic carbocycles. The van der Waals surface area contributed by atoms with Crippen molar-refractivity contribution in [2.75, 3.05) is 6.61 Å². The Morgan fingerprint density at radius 1 is 0.909 bits per heavy atom. The number of nitrogens with two attached hydrogens (primary N) is 1. The van der Waals surface area contributed by atoms with Crippen LogP contribution in [0, 0.1) is 5.53 Å². The van der Waals surface area contributed by atoms with Crippen molar-refractivity contribution in [3.05, 3.63) is 131 Å². The number of benzene rings is 5. The fraction of sp³-hybridized carbons (Fsp3) is 0.114. The first kappa shape index (κ1) is 28.3. The highest BCUT2D eigenvalue weighted by Gasteiger charge is 2.20. The maximum absolute atomic E-state index is 13.6. The number of carbonyl (C=O) groups is 1. The Bertz CT molecular complexity index is 2010. The van der Waals surface area contributed by atoms with Crippen molar-refractivity contribution in [3.8, 4) is 17.1 Å². The molecular weight excluding hydrogens is 550 g/mol. The summed E-state index contributed by atoms with van der Waals surface area (Å²) in [6.07, 6.45) is 0. The molecule has 0 saturated carbocycles. The van der Waals surface area contributed by atoms with Crippen LogP contribution in [0.15, 0.2) is 120 Å². The van der Waals surface area contributed by atoms with E-state index in [0.717, 1.165) is 33.0 Å². The molecular formula is C35H31N7O2. The molecule has 0 aliphatic rings. The van der Waals surface area contributed by atoms with Crippen LogP contribution in [0.1, 0.15) is 34.0 Å². The standard InChI is InChI=1S/C35H31N7O2/c1-2-44-35-39-31-16-8-15-30(34(43)38-21-26-11-7-10-24-9-3-4-12-27(24)26)32(31)42(35)22-23-17-19-25(20-18-23)28-13-5-6-14-29(28)33(36)40-41-37/h3-20H,2,21-22H2,1H3,(H,38,43)(H3,36,37,40). The van der Waals surface area contributed by atoms with E-state index in [0.29, 0.717) is 47.9 Å². The zero-order valence-electron chi connectivity index (χ0n) is 24.2. The molecule has 44 heavy (non-hydrogen) atoms. The molecule has 4 N–H and O–H groups in total. The summed E-state index contributed by atoms with van der Waals surface area (Å²) in [6.45, 7) is 3.20. The van der Waals surface area contributed by atoms with Crippen molar-refractivity contribution in [1.29, 1.82) is 5.53 Å². The Kier molecular flexibility index (Phi) is 8.09. The molecule has 9 heteroatoms. The number of hydrogen-bond acceptors (Lipinski definition) is 5. The van der Waals surface area contributed by atoms with Crippen LogP contribution in [-0.4, -0.2) is 27.9 Å². The predicted octanol–water partition coefficient (Wildman–Crippen LogP) is 6.88. The molecule has 6 rings (SSSR count). The van der Waals surface area contributed by atoms with Gasteiger partial charge in [-0.15, -0.1) is 5.10 Å². The Morgan fingerprint density at radius 3 is 2.45 bits per heavy atom. The second kappa shape index (κ2) is 12.6. The summed E-state index contributed by atoms with van der Waals surface area (Å²) in [4.78, 5) is 18.4. The summed E-state index contributed by atoms with van der Waals surface area (Å²) < 4.78 is 7.89. The summed E-state index contributed by atoms with van der Waals surface area (Å²) in [5.74, 6) is -0.00414. The van der Waals surface area contributed by atoms with Gasteiger partial charge in [-0.2, -0.15) is 10.5 Å². The number of amides is 1. The average molecular weight is 582 g/mol. The molecule has 0 fully saturated rings. The summed E-state index contributed by atoms with van der Waals surface area (Å²) in [5.41, 5.74) is 19.6. The van der Waals surface area contributed by atoms with Gasteiger partial charge in [0.05, 0.1) is 29.7 Å². The van der Waals surface area contributed by atoms with Gasteiger partial charge in [-0.25, -0.2) is 0 Å². The third-order valence-electron chi connectivity index (χ3n) is 7.54. The Morgan fingerprint density at radius 2 is 1.64 bits per heavy atom. The summed E-state index contributed by atoms with van der Waals surface area (Å²) in [5, 5.41) is 12.1. The van der Waals surface area contributed by atoms with Crippen LogP contribution in [0.4, 0.5) is 0 Å². The highest BCUT2D eigenvalue weighted by Crippen LogP contribution is 2.29. The van der Waals surface area contributed by atoms with Crippen molar-refractivity contribution in [1.82, 2.24) is 14.9 Å². The predicted molar refractivity (Wildman–Crippen MR) is 173 cm³/mol. The van der Waals surface area contributed by atoms with E-state index in [1.807, 2.05) is 102 Å². The number of nitrogens with one attached hydrogen (secondary N) is 2. The van der Waals surface area contributed by atoms with Gasteiger partial charge in [0.25, 0.3) is 11.9 Å². The molecule has 0 aliphatic heterocycles. The molecule has 0 saturated heterocycles. The lowest BCUT2D eigenvalue weighted by atomic mass is 9.98. The Labute approximate surface area is 254 Å². The van der Waals surface area contributed by atoms with Gasteiger partial charge in [0, 0.05) is 12.1 Å². The van der Waals surface area contributed by atoms with Crippen LogP contribution in [0.2, 0.25) is 0 Å². The van der Waals surface area contributed by atoms with E-state index in [-0.39, 0.29) is 11.7 Å². The van der Waals surface area contributed by atoms with Crippen molar-refractivity contribution >= 4 is 33.5 Å². The minimum Gasteiger partial charge on any atom is -0.465 e. The number of para-hydroxylation sites is 1. The van der Waals surface area contributed by atoms with E-state index in [1.54, 1.807) is 0 Å². The third-order valence-corrected chi connectivity index (χ3v) is 7.54. The second-order valence-corrected chi connectivity index (χ2v) is 10.2. The summed E-state index contributed by atoms with van der Waals surface area (Å²) in [7, 11) is 0. The zero-order valence-corrected chi connectivity index (χ0v) is 24.2. The van der Waals surface area contributed by atoms with Crippen molar-refractivity contribution in [2.24, 2.45) is 16.1 Å². The minimum absolute atomic E-state index is 0.178. The normalized spacial score (nSPS) is 11.5. The van der Waals surface area contributed by atoms with Crippen LogP contribution < -0.4 is 15.8 Å². The van der Waals surface area contributed by atoms with Crippen molar-refractivity contribution in [3.63, 3.8) is 0 Å². The van der Waals surface area contributed by atoms with Crippen molar-refractivity contribution in [2.45, 2.75) is 20.0 Å². The van der Waals surface area contributed by atoms with E-state index in [9.17, 15) is 4.79 Å². The number of fused-ring (bicyclic) bond motifs is 2. The van der Waals surface area contributed by atoms with Gasteiger partial charge in [0.15, 0.2) is 5.84 Å². The fourth-order valence-electron chi connectivity index (χ4n) is 5.49. The van der Waals surface area contributed by atoms with Gasteiger partial charge in [-0.1, -0.05) is 102 Å². The van der Waals surface area contributed by atoms with Gasteiger partial charge in [-0.3, -0.25) is 9.36 Å². The quantitative estimate of drug-likeness (QED) is 0.0704. The molecule has 0 bridgehead atoms. The zero-order chi connectivity index (χ0) is 30.5. The monoisotopic (exact) mass is 581 g/mol. The minimum atomic E-state index is -0.182. The van der Waals surface area contributed by atoms with Crippen LogP contribution in [-0.2, 0) is 13.1 Å². The molecule has 6 aromatic rings. The van der Waals surface area contributed by atoms with E-state index >= 15 is 0 Å². The maximum Gasteiger partial charge on any atom is 0.297 e. The van der Waals surface area contributed by atoms with Gasteiger partial charge in [0.1, 0.15) is 0 Å². The maximum atomic E-state index is 13.6. The lowest BCUT2D eigenvalue weighted by Crippen LogP contribution is -2.23. The number of hydrogen-bond donors (Lipinski definition) is 3. The van der Waals surface area contributed by atoms with Crippen LogP contribution in [0.25, 0.3) is 32.9 Å². The topological polar surface area (TPSA) is 131 Å². The number of amidine groups is 1. The molecule has 1 heterocycles. The summed E-state index contributed by atoms with van der Waals surface area (Å²) in [6, 6.07) is 36.0. The van der Waals surface area contributed by atoms with Gasteiger partial charge in [0.2, 0.25) is 0 Å². The molecule has 0 unspecified atom stereocenters. The van der Waals surface area contributed by atoms with Crippen LogP contribution in [0.3, 0.4) is 0 Å². The number of carbonyl (C=O) groups excluding carboxylic acids is 1. The summed E-state index contributed by atoms with van der Waals surface area (Å²) >= 11 is 0. The molecule has 9 nitrogen and oxygen atoms in total. The highest BCUT2D eigenvalue weighted by molar-refractivity contribution is 6.05. The van der Waals surface area contributed by atoms with Crippen LogP contribution in [0.5, 0.6) is 6.01 Å². The number of rotatable bonds is 10. The highest BCUT2D eigenvalue weighted by atomic mass is 16.5. The molecule has 1 aromatic heterocycles. The van der Waals surface area contributed by atoms with E-state index in [1.165, 1.54) is 0 Å². The SMILES string of the molecule is CCOc1nc2cccc(C(=O)NCc3cccc4ccccc34)c2n1Cc1ccc(-c2ccccc2/C(N)=N/N=N)cc1. The smallest absolute Gasteiger partial charge is 0.297 e. The number of aromatic nitrogens is 2. The van der Waals surface area contributed by atoms with E-state index < -0.39 is 0 Å². The molecule has 0 atom stereocenters. The van der Waals surface area contributed by atoms with Crippen LogP contribution >= 0.6 is 0 Å². The average Bonchev–Trinajstić information content (AvgIpc) is 3.41. The van der Waals surface area contributed by atoms with E-state index in [4.69, 9.17) is 21.0 Å². The first-order chi connectivity index (χ1) is 21.6. The molecule has 0 radical (unpaired) electrons. The largest absolute Gasteiger partial charge is 0.465 e. The van der Waals surface area contributed by atoms with Gasteiger partial charge in [-0.05, 0) is 52.1 Å². The lowest BCUT2D eigenvalue weighted by molar-refractivity contribution is 0.0952. The van der Waals surface area contributed by atoms with Gasteiger partial charge >= 0.3 is 0 Å². The molecule has 5 aromatic carbocycles. The first-order valence-corrected chi connectivity index (χ1v) is 14.3. The van der Waals surface area contributed by atoms with Crippen molar-refractivity contribution < 1.29 is 9.53 Å². The van der Waals surface area contributed by atoms with Gasteiger partial charge < -0.3 is 15.8 Å². The number of imidazole rings is 1. The lowest BCUT2D eigenvalue weighted by Gasteiger charge is -2.13. The molecule has 1 amide bonds. The second-order valence-electron chi connectivity index (χ2n) is 10.2. The number of ether oxygens (including phenoxy) is 1. The molecule has 0 spiro atoms. The Balaban J connectivity index is 1.31.